The van der Waals surface area contributed by atoms with Crippen molar-refractivity contribution >= 4 is 42.1 Å². The number of carbonyl (C=O) groups is 5. The Kier molecular flexibility index (Phi) is 15.4. The molecule has 0 bridgehead atoms. The van der Waals surface area contributed by atoms with Crippen LogP contribution in [-0.2, 0) is 35.1 Å². The van der Waals surface area contributed by atoms with E-state index in [1.165, 1.54) is 0 Å². The Morgan fingerprint density at radius 1 is 1.19 bits per heavy atom. The number of terminal acetylenes is 1. The minimum Gasteiger partial charge on any atom is -0.481 e. The molecule has 0 aromatic carbocycles. The zero-order valence-corrected chi connectivity index (χ0v) is 21.6. The third-order valence-electron chi connectivity index (χ3n) is 5.37. The maximum Gasteiger partial charge on any atom is 0.391 e. The first-order valence-corrected chi connectivity index (χ1v) is 11.5. The number of esters is 2. The zero-order chi connectivity index (χ0) is 26.4. The van der Waals surface area contributed by atoms with Crippen molar-refractivity contribution in [2.45, 2.75) is 58.9 Å². The molecule has 1 aromatic rings. The third-order valence-corrected chi connectivity index (χ3v) is 5.37. The fourth-order valence-electron chi connectivity index (χ4n) is 3.18. The zero-order valence-electron chi connectivity index (χ0n) is 20.8. The quantitative estimate of drug-likeness (QED) is 0.216. The SMILES string of the molecule is C#CC(=O)OC(=O)C(C)C.C[C@@H](C(=O)O)C(CCc1ccncc1)NC(=O)CN1CCCCC1=O.Cl. The van der Waals surface area contributed by atoms with Crippen LogP contribution in [0, 0.1) is 24.2 Å². The van der Waals surface area contributed by atoms with Crippen LogP contribution >= 0.6 is 12.4 Å². The summed E-state index contributed by atoms with van der Waals surface area (Å²) in [5.41, 5.74) is 1.04. The number of halogens is 1. The first-order chi connectivity index (χ1) is 16.5. The highest BCUT2D eigenvalue weighted by Gasteiger charge is 2.27. The van der Waals surface area contributed by atoms with Gasteiger partial charge in [-0.15, -0.1) is 18.8 Å². The van der Waals surface area contributed by atoms with Gasteiger partial charge in [-0.05, 0) is 50.3 Å². The van der Waals surface area contributed by atoms with E-state index in [9.17, 15) is 29.1 Å². The summed E-state index contributed by atoms with van der Waals surface area (Å²) in [7, 11) is 0. The van der Waals surface area contributed by atoms with Crippen LogP contribution < -0.4 is 5.32 Å². The Balaban J connectivity index is 0.000000948. The number of aliphatic carboxylic acids is 1. The number of nitrogens with one attached hydrogen (secondary N) is 1. The molecular formula is C25H34ClN3O7. The minimum atomic E-state index is -0.950. The Bertz CT molecular complexity index is 931. The van der Waals surface area contributed by atoms with E-state index < -0.39 is 29.9 Å². The first-order valence-electron chi connectivity index (χ1n) is 11.5. The van der Waals surface area contributed by atoms with Crippen molar-refractivity contribution in [3.63, 3.8) is 0 Å². The highest BCUT2D eigenvalue weighted by molar-refractivity contribution is 5.96. The number of amides is 2. The number of carbonyl (C=O) groups excluding carboxylic acids is 4. The Labute approximate surface area is 217 Å². The van der Waals surface area contributed by atoms with E-state index in [2.05, 4.69) is 21.5 Å². The average Bonchev–Trinajstić information content (AvgIpc) is 2.83. The van der Waals surface area contributed by atoms with Gasteiger partial charge in [0.15, 0.2) is 0 Å². The van der Waals surface area contributed by atoms with E-state index in [0.717, 1.165) is 18.4 Å². The summed E-state index contributed by atoms with van der Waals surface area (Å²) in [4.78, 5) is 61.8. The Morgan fingerprint density at radius 2 is 1.83 bits per heavy atom. The number of aryl methyl sites for hydroxylation is 1. The van der Waals surface area contributed by atoms with Crippen molar-refractivity contribution in [3.8, 4) is 12.3 Å². The van der Waals surface area contributed by atoms with E-state index in [1.807, 2.05) is 12.1 Å². The largest absolute Gasteiger partial charge is 0.481 e. The summed E-state index contributed by atoms with van der Waals surface area (Å²) < 4.78 is 4.15. The molecule has 2 N–H and O–H groups in total. The van der Waals surface area contributed by atoms with Crippen LogP contribution in [0.2, 0.25) is 0 Å². The van der Waals surface area contributed by atoms with Gasteiger partial charge in [-0.25, -0.2) is 4.79 Å². The highest BCUT2D eigenvalue weighted by atomic mass is 35.5. The van der Waals surface area contributed by atoms with Crippen LogP contribution in [0.5, 0.6) is 0 Å². The van der Waals surface area contributed by atoms with E-state index in [-0.39, 0.29) is 36.7 Å². The molecule has 1 aromatic heterocycles. The Hall–Kier alpha value is -3.45. The van der Waals surface area contributed by atoms with Gasteiger partial charge >= 0.3 is 17.9 Å². The van der Waals surface area contributed by atoms with Gasteiger partial charge in [0.25, 0.3) is 0 Å². The molecule has 0 spiro atoms. The maximum atomic E-state index is 12.3. The van der Waals surface area contributed by atoms with Gasteiger partial charge in [-0.1, -0.05) is 13.8 Å². The molecule has 36 heavy (non-hydrogen) atoms. The second-order valence-electron chi connectivity index (χ2n) is 8.48. The number of carboxylic acid groups (broad SMARTS) is 1. The second kappa shape index (κ2) is 17.1. The number of aromatic nitrogens is 1. The molecular weight excluding hydrogens is 490 g/mol. The van der Waals surface area contributed by atoms with Crippen molar-refractivity contribution in [1.82, 2.24) is 15.2 Å². The number of pyridine rings is 1. The second-order valence-corrected chi connectivity index (χ2v) is 8.48. The number of rotatable bonds is 9. The smallest absolute Gasteiger partial charge is 0.391 e. The monoisotopic (exact) mass is 523 g/mol. The Morgan fingerprint density at radius 3 is 2.36 bits per heavy atom. The standard InChI is InChI=1S/C18H25N3O4.C7H8O3.ClH/c1-13(18(24)25)15(6-5-14-7-9-19-10-8-14)20-16(22)12-21-11-3-2-4-17(21)23;1-4-6(8)10-7(9)5(2)3;/h7-10,13,15H,2-6,11-12H2,1H3,(H,20,22)(H,24,25);1,5H,2-3H3;1H/t13-,15?;;/m1../s1. The molecule has 2 atom stereocenters. The van der Waals surface area contributed by atoms with Crippen molar-refractivity contribution in [3.05, 3.63) is 30.1 Å². The van der Waals surface area contributed by atoms with Crippen molar-refractivity contribution in [1.29, 1.82) is 0 Å². The van der Waals surface area contributed by atoms with Crippen LogP contribution in [-0.4, -0.2) is 63.8 Å². The first kappa shape index (κ1) is 32.5. The maximum absolute atomic E-state index is 12.3. The van der Waals surface area contributed by atoms with Gasteiger partial charge in [-0.2, -0.15) is 0 Å². The average molecular weight is 524 g/mol. The van der Waals surface area contributed by atoms with Gasteiger partial charge in [0.2, 0.25) is 11.8 Å². The molecule has 1 unspecified atom stereocenters. The van der Waals surface area contributed by atoms with Crippen LogP contribution in [0.3, 0.4) is 0 Å². The molecule has 0 saturated carbocycles. The summed E-state index contributed by atoms with van der Waals surface area (Å²) in [6, 6.07) is 3.26. The van der Waals surface area contributed by atoms with Gasteiger partial charge in [-0.3, -0.25) is 24.2 Å². The number of hydrogen-bond acceptors (Lipinski definition) is 7. The summed E-state index contributed by atoms with van der Waals surface area (Å²) >= 11 is 0. The van der Waals surface area contributed by atoms with Crippen molar-refractivity contribution < 1.29 is 33.8 Å². The molecule has 1 fully saturated rings. The highest BCUT2D eigenvalue weighted by Crippen LogP contribution is 2.13. The lowest BCUT2D eigenvalue weighted by Gasteiger charge is -2.28. The predicted molar refractivity (Wildman–Crippen MR) is 134 cm³/mol. The molecule has 2 heterocycles. The van der Waals surface area contributed by atoms with Crippen molar-refractivity contribution in [2.24, 2.45) is 11.8 Å². The third kappa shape index (κ3) is 12.3. The normalized spacial score (nSPS) is 14.2. The van der Waals surface area contributed by atoms with E-state index in [1.54, 1.807) is 44.0 Å². The number of carboxylic acids is 1. The molecule has 2 rings (SSSR count). The fourth-order valence-corrected chi connectivity index (χ4v) is 3.18. The van der Waals surface area contributed by atoms with Gasteiger partial charge in [0.05, 0.1) is 18.4 Å². The molecule has 11 heteroatoms. The van der Waals surface area contributed by atoms with E-state index in [4.69, 9.17) is 0 Å². The topological polar surface area (TPSA) is 143 Å². The summed E-state index contributed by atoms with van der Waals surface area (Å²) in [5.74, 6) is -2.15. The fraction of sp³-hybridized carbons (Fsp3) is 0.520. The summed E-state index contributed by atoms with van der Waals surface area (Å²) in [6.07, 6.45) is 11.4. The van der Waals surface area contributed by atoms with Crippen LogP contribution in [0.15, 0.2) is 24.5 Å². The van der Waals surface area contributed by atoms with Crippen molar-refractivity contribution in [2.75, 3.05) is 13.1 Å². The summed E-state index contributed by atoms with van der Waals surface area (Å²) in [5, 5.41) is 12.1. The number of likely N-dealkylation sites (tertiary alicyclic amines) is 1. The lowest BCUT2D eigenvalue weighted by molar-refractivity contribution is -0.158. The van der Waals surface area contributed by atoms with Gasteiger partial charge in [0.1, 0.15) is 0 Å². The van der Waals surface area contributed by atoms with Crippen LogP contribution in [0.1, 0.15) is 52.0 Å². The number of nitrogens with zero attached hydrogens (tertiary/aromatic N) is 2. The lowest BCUT2D eigenvalue weighted by Crippen LogP contribution is -2.48. The predicted octanol–water partition coefficient (Wildman–Crippen LogP) is 2.00. The molecule has 1 aliphatic heterocycles. The lowest BCUT2D eigenvalue weighted by atomic mass is 9.95. The molecule has 1 aliphatic rings. The van der Waals surface area contributed by atoms with E-state index in [0.29, 0.717) is 25.8 Å². The van der Waals surface area contributed by atoms with Crippen LogP contribution in [0.25, 0.3) is 0 Å². The summed E-state index contributed by atoms with van der Waals surface area (Å²) in [6.45, 7) is 5.41. The molecule has 2 amide bonds. The van der Waals surface area contributed by atoms with Gasteiger partial charge in [0, 0.05) is 37.3 Å². The molecule has 198 valence electrons. The van der Waals surface area contributed by atoms with Gasteiger partial charge < -0.3 is 20.1 Å². The molecule has 0 aliphatic carbocycles. The minimum absolute atomic E-state index is 0. The van der Waals surface area contributed by atoms with Crippen LogP contribution in [0.4, 0.5) is 0 Å². The number of piperidine rings is 1. The molecule has 0 radical (unpaired) electrons. The number of ether oxygens (including phenoxy) is 1. The molecule has 1 saturated heterocycles. The van der Waals surface area contributed by atoms with E-state index >= 15 is 0 Å². The molecule has 10 nitrogen and oxygen atoms in total. The number of hydrogen-bond donors (Lipinski definition) is 2.